The highest BCUT2D eigenvalue weighted by atomic mass is 32.2. The summed E-state index contributed by atoms with van der Waals surface area (Å²) < 4.78 is 40.5. The van der Waals surface area contributed by atoms with Crippen molar-refractivity contribution in [3.63, 3.8) is 0 Å². The number of hydrogen-bond acceptors (Lipinski definition) is 6. The lowest BCUT2D eigenvalue weighted by Gasteiger charge is -2.35. The predicted molar refractivity (Wildman–Crippen MR) is 107 cm³/mol. The Kier molecular flexibility index (Phi) is 4.81. The molecule has 3 atom stereocenters. The second-order valence-electron chi connectivity index (χ2n) is 8.52. The fourth-order valence-corrected chi connectivity index (χ4v) is 5.98. The second kappa shape index (κ2) is 7.23. The van der Waals surface area contributed by atoms with Gasteiger partial charge in [-0.25, -0.2) is 13.1 Å². The molecule has 1 saturated carbocycles. The minimum atomic E-state index is -3.70. The van der Waals surface area contributed by atoms with Gasteiger partial charge in [-0.3, -0.25) is 9.69 Å². The Hall–Kier alpha value is -1.68. The molecule has 5 rings (SSSR count). The van der Waals surface area contributed by atoms with Crippen LogP contribution in [-0.4, -0.2) is 70.3 Å². The van der Waals surface area contributed by atoms with Crippen molar-refractivity contribution in [1.29, 1.82) is 0 Å². The van der Waals surface area contributed by atoms with Crippen LogP contribution in [0.5, 0.6) is 5.75 Å². The largest absolute Gasteiger partial charge is 0.490 e. The standard InChI is InChI=1S/C20H27N3O5S/c1-13(24)23-6-7-27-19-5-4-17(9-18(19)23)29(25,26)21-15-8-16-12-28-20(14-2-3-14)11-22(16)10-15/h4-5,9,14-16,20-21H,2-3,6-8,10-12H2,1H3/t15-,16+,20-/m1/s1. The highest BCUT2D eigenvalue weighted by Gasteiger charge is 2.43. The van der Waals surface area contributed by atoms with Crippen LogP contribution in [0.3, 0.4) is 0 Å². The minimum Gasteiger partial charge on any atom is -0.490 e. The van der Waals surface area contributed by atoms with Crippen LogP contribution in [0, 0.1) is 5.92 Å². The van der Waals surface area contributed by atoms with Gasteiger partial charge < -0.3 is 14.4 Å². The van der Waals surface area contributed by atoms with Gasteiger partial charge in [0.25, 0.3) is 0 Å². The summed E-state index contributed by atoms with van der Waals surface area (Å²) in [5, 5.41) is 0. The summed E-state index contributed by atoms with van der Waals surface area (Å²) in [5.74, 6) is 1.09. The first-order valence-corrected chi connectivity index (χ1v) is 11.8. The van der Waals surface area contributed by atoms with E-state index in [1.54, 1.807) is 17.0 Å². The van der Waals surface area contributed by atoms with E-state index in [0.29, 0.717) is 49.8 Å². The molecule has 0 unspecified atom stereocenters. The summed E-state index contributed by atoms with van der Waals surface area (Å²) in [7, 11) is -3.70. The van der Waals surface area contributed by atoms with Gasteiger partial charge >= 0.3 is 0 Å². The molecule has 1 aromatic carbocycles. The Bertz CT molecular complexity index is 917. The quantitative estimate of drug-likeness (QED) is 0.779. The molecule has 3 aliphatic heterocycles. The van der Waals surface area contributed by atoms with Crippen molar-refractivity contribution in [2.24, 2.45) is 5.92 Å². The van der Waals surface area contributed by atoms with Gasteiger partial charge in [-0.2, -0.15) is 0 Å². The molecule has 3 heterocycles. The van der Waals surface area contributed by atoms with Gasteiger partial charge in [-0.05, 0) is 43.4 Å². The Morgan fingerprint density at radius 1 is 1.24 bits per heavy atom. The van der Waals surface area contributed by atoms with Crippen LogP contribution in [0.4, 0.5) is 5.69 Å². The SMILES string of the molecule is CC(=O)N1CCOc2ccc(S(=O)(=O)N[C@@H]3C[C@H]4CO[C@@H](C5CC5)CN4C3)cc21. The molecule has 4 aliphatic rings. The molecule has 1 aromatic rings. The predicted octanol–water partition coefficient (Wildman–Crippen LogP) is 0.962. The highest BCUT2D eigenvalue weighted by molar-refractivity contribution is 7.89. The van der Waals surface area contributed by atoms with Crippen LogP contribution < -0.4 is 14.4 Å². The molecule has 1 amide bonds. The van der Waals surface area contributed by atoms with E-state index < -0.39 is 10.0 Å². The number of carbonyl (C=O) groups is 1. The second-order valence-corrected chi connectivity index (χ2v) is 10.2. The van der Waals surface area contributed by atoms with Crippen molar-refractivity contribution >= 4 is 21.6 Å². The molecule has 1 N–H and O–H groups in total. The number of nitrogens with zero attached hydrogens (tertiary/aromatic N) is 2. The fourth-order valence-electron chi connectivity index (χ4n) is 4.72. The summed E-state index contributed by atoms with van der Waals surface area (Å²) in [6.07, 6.45) is 3.56. The van der Waals surface area contributed by atoms with Gasteiger partial charge in [0, 0.05) is 32.1 Å². The maximum atomic E-state index is 13.0. The van der Waals surface area contributed by atoms with E-state index in [0.717, 1.165) is 13.0 Å². The number of rotatable bonds is 4. The molecule has 0 aromatic heterocycles. The summed E-state index contributed by atoms with van der Waals surface area (Å²) in [5.41, 5.74) is 0.510. The summed E-state index contributed by atoms with van der Waals surface area (Å²) in [6, 6.07) is 4.85. The third-order valence-corrected chi connectivity index (χ3v) is 7.92. The number of hydrogen-bond donors (Lipinski definition) is 1. The van der Waals surface area contributed by atoms with E-state index in [-0.39, 0.29) is 22.9 Å². The average molecular weight is 422 g/mol. The van der Waals surface area contributed by atoms with E-state index in [4.69, 9.17) is 9.47 Å². The lowest BCUT2D eigenvalue weighted by molar-refractivity contribution is -0.116. The smallest absolute Gasteiger partial charge is 0.240 e. The lowest BCUT2D eigenvalue weighted by atomic mass is 10.1. The molecule has 9 heteroatoms. The molecule has 1 aliphatic carbocycles. The number of morpholine rings is 1. The number of benzene rings is 1. The number of nitrogens with one attached hydrogen (secondary N) is 1. The summed E-state index contributed by atoms with van der Waals surface area (Å²) in [4.78, 5) is 16.0. The van der Waals surface area contributed by atoms with Gasteiger partial charge in [-0.15, -0.1) is 0 Å². The molecule has 158 valence electrons. The van der Waals surface area contributed by atoms with Crippen LogP contribution in [0.15, 0.2) is 23.1 Å². The average Bonchev–Trinajstić information content (AvgIpc) is 3.46. The molecule has 3 fully saturated rings. The third kappa shape index (κ3) is 3.76. The number of fused-ring (bicyclic) bond motifs is 2. The lowest BCUT2D eigenvalue weighted by Crippen LogP contribution is -2.47. The molecule has 8 nitrogen and oxygen atoms in total. The maximum absolute atomic E-state index is 13.0. The zero-order chi connectivity index (χ0) is 20.2. The number of sulfonamides is 1. The Morgan fingerprint density at radius 2 is 2.07 bits per heavy atom. The number of amides is 1. The molecular formula is C20H27N3O5S. The Balaban J connectivity index is 1.30. The van der Waals surface area contributed by atoms with Crippen LogP contribution in [-0.2, 0) is 19.6 Å². The highest BCUT2D eigenvalue weighted by Crippen LogP contribution is 2.38. The number of carbonyl (C=O) groups excluding carboxylic acids is 1. The Morgan fingerprint density at radius 3 is 2.83 bits per heavy atom. The van der Waals surface area contributed by atoms with Gasteiger partial charge in [0.2, 0.25) is 15.9 Å². The first kappa shape index (κ1) is 19.3. The summed E-state index contributed by atoms with van der Waals surface area (Å²) in [6.45, 7) is 4.59. The van der Waals surface area contributed by atoms with Crippen molar-refractivity contribution in [3.05, 3.63) is 18.2 Å². The third-order valence-electron chi connectivity index (χ3n) is 6.40. The van der Waals surface area contributed by atoms with E-state index in [1.165, 1.54) is 25.8 Å². The van der Waals surface area contributed by atoms with Gasteiger partial charge in [0.15, 0.2) is 0 Å². The maximum Gasteiger partial charge on any atom is 0.240 e. The zero-order valence-corrected chi connectivity index (χ0v) is 17.4. The van der Waals surface area contributed by atoms with Crippen molar-refractivity contribution in [1.82, 2.24) is 9.62 Å². The van der Waals surface area contributed by atoms with Crippen molar-refractivity contribution in [2.75, 3.05) is 37.7 Å². The van der Waals surface area contributed by atoms with Crippen molar-refractivity contribution in [3.8, 4) is 5.75 Å². The summed E-state index contributed by atoms with van der Waals surface area (Å²) >= 11 is 0. The first-order chi connectivity index (χ1) is 13.9. The van der Waals surface area contributed by atoms with Crippen molar-refractivity contribution in [2.45, 2.75) is 49.3 Å². The van der Waals surface area contributed by atoms with Gasteiger partial charge in [-0.1, -0.05) is 0 Å². The molecular weight excluding hydrogens is 394 g/mol. The fraction of sp³-hybridized carbons (Fsp3) is 0.650. The molecule has 0 radical (unpaired) electrons. The Labute approximate surface area is 171 Å². The van der Waals surface area contributed by atoms with Crippen molar-refractivity contribution < 1.29 is 22.7 Å². The number of anilines is 1. The van der Waals surface area contributed by atoms with Crippen LogP contribution >= 0.6 is 0 Å². The van der Waals surface area contributed by atoms with E-state index in [9.17, 15) is 13.2 Å². The zero-order valence-electron chi connectivity index (χ0n) is 16.5. The number of ether oxygens (including phenoxy) is 2. The van der Waals surface area contributed by atoms with Gasteiger partial charge in [0.1, 0.15) is 12.4 Å². The van der Waals surface area contributed by atoms with Gasteiger partial charge in [0.05, 0.1) is 29.8 Å². The molecule has 0 spiro atoms. The first-order valence-electron chi connectivity index (χ1n) is 10.3. The van der Waals surface area contributed by atoms with E-state index >= 15 is 0 Å². The van der Waals surface area contributed by atoms with Crippen LogP contribution in [0.25, 0.3) is 0 Å². The molecule has 2 saturated heterocycles. The van der Waals surface area contributed by atoms with E-state index in [1.807, 2.05) is 0 Å². The van der Waals surface area contributed by atoms with Crippen LogP contribution in [0.1, 0.15) is 26.2 Å². The van der Waals surface area contributed by atoms with Crippen LogP contribution in [0.2, 0.25) is 0 Å². The minimum absolute atomic E-state index is 0.130. The topological polar surface area (TPSA) is 88.2 Å². The molecule has 0 bridgehead atoms. The van der Waals surface area contributed by atoms with E-state index in [2.05, 4.69) is 9.62 Å². The monoisotopic (exact) mass is 421 g/mol. The molecule has 29 heavy (non-hydrogen) atoms. The normalized spacial score (nSPS) is 29.8.